The van der Waals surface area contributed by atoms with Crippen LogP contribution >= 0.6 is 30.9 Å². The Kier molecular flexibility index (Phi) is 12.1. The lowest BCUT2D eigenvalue weighted by molar-refractivity contribution is -0.115. The number of nitrogens with zero attached hydrogens (tertiary/aromatic N) is 5. The van der Waals surface area contributed by atoms with Crippen molar-refractivity contribution in [2.45, 2.75) is 19.9 Å². The number of urea groups is 1. The van der Waals surface area contributed by atoms with E-state index in [1.54, 1.807) is 5.09 Å². The fourth-order valence-electron chi connectivity index (χ4n) is 4.87. The second-order valence-electron chi connectivity index (χ2n) is 10.9. The Balaban J connectivity index is 1.58. The number of nitrogens with one attached hydrogen (secondary N) is 3. The lowest BCUT2D eigenvalue weighted by Gasteiger charge is -2.38. The van der Waals surface area contributed by atoms with Crippen molar-refractivity contribution in [2.24, 2.45) is 0 Å². The fourth-order valence-corrected chi connectivity index (χ4v) is 5.83. The number of hydrogen-bond acceptors (Lipinski definition) is 10. The molecule has 5 N–H and O–H groups in total. The molecule has 0 bridgehead atoms. The van der Waals surface area contributed by atoms with E-state index in [2.05, 4.69) is 44.2 Å². The predicted molar refractivity (Wildman–Crippen MR) is 187 cm³/mol. The molecule has 0 spiro atoms. The van der Waals surface area contributed by atoms with Crippen LogP contribution < -0.4 is 35.0 Å². The second kappa shape index (κ2) is 15.9. The molecule has 0 aliphatic carbocycles. The molecule has 1 saturated heterocycles. The highest BCUT2D eigenvalue weighted by atomic mass is 35.5. The summed E-state index contributed by atoms with van der Waals surface area (Å²) in [6.45, 7) is 7.70. The van der Waals surface area contributed by atoms with Crippen molar-refractivity contribution in [1.29, 1.82) is 0 Å². The third-order valence-corrected chi connectivity index (χ3v) is 8.75. The molecule has 258 valence electrons. The maximum absolute atomic E-state index is 13.3. The number of methoxy groups -OCH3 is 2. The normalized spacial score (nSPS) is 13.8. The summed E-state index contributed by atoms with van der Waals surface area (Å²) in [5.74, 6) is 0.0573. The first-order chi connectivity index (χ1) is 22.7. The summed E-state index contributed by atoms with van der Waals surface area (Å²) in [6.07, 6.45) is 3.74. The highest BCUT2D eigenvalue weighted by molar-refractivity contribution is 7.50. The van der Waals surface area contributed by atoms with Gasteiger partial charge in [0.25, 0.3) is 5.91 Å². The zero-order chi connectivity index (χ0) is 35.2. The molecule has 0 unspecified atom stereocenters. The first-order valence-corrected chi connectivity index (χ1v) is 17.0. The Morgan fingerprint density at radius 2 is 1.67 bits per heavy atom. The number of piperazine rings is 1. The van der Waals surface area contributed by atoms with E-state index in [0.717, 1.165) is 37.9 Å². The van der Waals surface area contributed by atoms with E-state index in [-0.39, 0.29) is 33.0 Å². The standard InChI is InChI=1S/C30H37Cl2N8O7P/c1-18(2)39-10-12-40(13-11-39)20-7-8-21(19(14-20)6-9-26(41)37-48(43,44)45)35-24-16-25(34-17-33-24)38(3)30(42)36-29-27(31)22(46-4)15-23(47-5)28(29)32/h6-9,14-18H,10-13H2,1-5H3,(H,36,42)(H,33,34,35)(H3,37,41,43,44,45). The summed E-state index contributed by atoms with van der Waals surface area (Å²) in [6, 6.07) is 8.45. The summed E-state index contributed by atoms with van der Waals surface area (Å²) < 4.78 is 21.8. The first kappa shape index (κ1) is 36.7. The van der Waals surface area contributed by atoms with Crippen LogP contribution in [0, 0.1) is 0 Å². The Morgan fingerprint density at radius 3 is 2.25 bits per heavy atom. The molecule has 48 heavy (non-hydrogen) atoms. The molecule has 4 rings (SSSR count). The Labute approximate surface area is 288 Å². The van der Waals surface area contributed by atoms with Gasteiger partial charge in [-0.05, 0) is 38.1 Å². The Morgan fingerprint density at radius 1 is 1.02 bits per heavy atom. The molecule has 3 amide bonds. The summed E-state index contributed by atoms with van der Waals surface area (Å²) in [5, 5.41) is 7.63. The zero-order valence-corrected chi connectivity index (χ0v) is 29.3. The first-order valence-electron chi connectivity index (χ1n) is 14.6. The van der Waals surface area contributed by atoms with Crippen LogP contribution in [0.1, 0.15) is 19.4 Å². The number of aromatic nitrogens is 2. The minimum atomic E-state index is -4.78. The van der Waals surface area contributed by atoms with Gasteiger partial charge >= 0.3 is 13.8 Å². The number of carbonyl (C=O) groups is 2. The van der Waals surface area contributed by atoms with Crippen molar-refractivity contribution in [3.05, 3.63) is 58.3 Å². The molecule has 0 atom stereocenters. The lowest BCUT2D eigenvalue weighted by Crippen LogP contribution is -2.48. The fraction of sp³-hybridized carbons (Fsp3) is 0.333. The van der Waals surface area contributed by atoms with E-state index in [0.29, 0.717) is 23.1 Å². The van der Waals surface area contributed by atoms with Gasteiger partial charge in [0.05, 0.1) is 19.9 Å². The quantitative estimate of drug-likeness (QED) is 0.133. The molecular weight excluding hydrogens is 686 g/mol. The van der Waals surface area contributed by atoms with Crippen molar-refractivity contribution in [2.75, 3.05) is 67.9 Å². The highest BCUT2D eigenvalue weighted by Crippen LogP contribution is 2.44. The molecule has 2 aromatic carbocycles. The third-order valence-electron chi connectivity index (χ3n) is 7.48. The van der Waals surface area contributed by atoms with E-state index >= 15 is 0 Å². The van der Waals surface area contributed by atoms with Crippen LogP contribution in [0.3, 0.4) is 0 Å². The molecule has 1 fully saturated rings. The molecule has 1 aliphatic rings. The topological polar surface area (TPSA) is 182 Å². The number of carbonyl (C=O) groups excluding carboxylic acids is 2. The number of anilines is 5. The van der Waals surface area contributed by atoms with E-state index in [4.69, 9.17) is 42.5 Å². The van der Waals surface area contributed by atoms with Crippen LogP contribution in [0.4, 0.5) is 33.5 Å². The van der Waals surface area contributed by atoms with Crippen LogP contribution in [-0.4, -0.2) is 90.1 Å². The minimum absolute atomic E-state index is 0.0791. The highest BCUT2D eigenvalue weighted by Gasteiger charge is 2.23. The van der Waals surface area contributed by atoms with Crippen LogP contribution in [0.25, 0.3) is 6.08 Å². The lowest BCUT2D eigenvalue weighted by atomic mass is 10.1. The van der Waals surface area contributed by atoms with Crippen molar-refractivity contribution in [3.63, 3.8) is 0 Å². The molecule has 1 aromatic heterocycles. The van der Waals surface area contributed by atoms with Gasteiger partial charge in [0, 0.05) is 74.4 Å². The summed E-state index contributed by atoms with van der Waals surface area (Å²) in [4.78, 5) is 58.0. The summed E-state index contributed by atoms with van der Waals surface area (Å²) in [7, 11) is -0.451. The minimum Gasteiger partial charge on any atom is -0.495 e. The molecule has 2 heterocycles. The molecule has 15 nitrogen and oxygen atoms in total. The van der Waals surface area contributed by atoms with Crippen LogP contribution in [0.2, 0.25) is 10.0 Å². The SMILES string of the molecule is COc1cc(OC)c(Cl)c(NC(=O)N(C)c2cc(Nc3ccc(N4CCN(C(C)C)CC4)cc3C=CC(=O)NP(=O)(O)O)ncn2)c1Cl. The van der Waals surface area contributed by atoms with E-state index in [1.807, 2.05) is 18.2 Å². The van der Waals surface area contributed by atoms with Gasteiger partial charge in [-0.25, -0.2) is 19.3 Å². The van der Waals surface area contributed by atoms with Crippen LogP contribution in [-0.2, 0) is 9.36 Å². The third kappa shape index (κ3) is 9.28. The van der Waals surface area contributed by atoms with Crippen LogP contribution in [0.15, 0.2) is 42.7 Å². The van der Waals surface area contributed by atoms with Crippen molar-refractivity contribution < 1.29 is 33.4 Å². The number of rotatable bonds is 11. The number of amides is 3. The molecule has 1 aliphatic heterocycles. The van der Waals surface area contributed by atoms with Gasteiger partial charge in [-0.2, -0.15) is 0 Å². The zero-order valence-electron chi connectivity index (χ0n) is 26.9. The Hall–Kier alpha value is -4.11. The van der Waals surface area contributed by atoms with Gasteiger partial charge in [0.2, 0.25) is 0 Å². The Bertz CT molecular complexity index is 1700. The van der Waals surface area contributed by atoms with Gasteiger partial charge in [-0.3, -0.25) is 19.7 Å². The molecule has 18 heteroatoms. The average molecular weight is 724 g/mol. The monoisotopic (exact) mass is 722 g/mol. The number of ether oxygens (including phenoxy) is 2. The molecule has 3 aromatic rings. The van der Waals surface area contributed by atoms with Crippen LogP contribution in [0.5, 0.6) is 11.5 Å². The van der Waals surface area contributed by atoms with Gasteiger partial charge < -0.3 is 34.8 Å². The summed E-state index contributed by atoms with van der Waals surface area (Å²) >= 11 is 12.8. The number of halogens is 2. The molecular formula is C30H37Cl2N8O7P. The van der Waals surface area contributed by atoms with Crippen molar-refractivity contribution >= 4 is 77.7 Å². The smallest absolute Gasteiger partial charge is 0.429 e. The average Bonchev–Trinajstić information content (AvgIpc) is 3.05. The van der Waals surface area contributed by atoms with Gasteiger partial charge in [0.15, 0.2) is 0 Å². The van der Waals surface area contributed by atoms with Crippen molar-refractivity contribution in [3.8, 4) is 11.5 Å². The maximum atomic E-state index is 13.3. The largest absolute Gasteiger partial charge is 0.495 e. The summed E-state index contributed by atoms with van der Waals surface area (Å²) in [5.41, 5.74) is 2.06. The van der Waals surface area contributed by atoms with Gasteiger partial charge in [-0.1, -0.05) is 23.2 Å². The maximum Gasteiger partial charge on any atom is 0.429 e. The van der Waals surface area contributed by atoms with E-state index < -0.39 is 19.7 Å². The predicted octanol–water partition coefficient (Wildman–Crippen LogP) is 4.97. The van der Waals surface area contributed by atoms with E-state index in [9.17, 15) is 14.2 Å². The second-order valence-corrected chi connectivity index (χ2v) is 13.0. The van der Waals surface area contributed by atoms with Gasteiger partial charge in [-0.15, -0.1) is 0 Å². The molecule has 0 saturated carbocycles. The number of benzene rings is 2. The number of hydrogen-bond donors (Lipinski definition) is 5. The molecule has 0 radical (unpaired) electrons. The van der Waals surface area contributed by atoms with Gasteiger partial charge in [0.1, 0.15) is 39.5 Å². The van der Waals surface area contributed by atoms with E-state index in [1.165, 1.54) is 50.7 Å². The van der Waals surface area contributed by atoms with Crippen molar-refractivity contribution in [1.82, 2.24) is 20.0 Å².